The highest BCUT2D eigenvalue weighted by Crippen LogP contribution is 2.31. The number of aliphatic hydroxyl groups is 2. The summed E-state index contributed by atoms with van der Waals surface area (Å²) in [7, 11) is 0. The monoisotopic (exact) mass is 171 g/mol. The van der Waals surface area contributed by atoms with Gasteiger partial charge in [0.2, 0.25) is 0 Å². The van der Waals surface area contributed by atoms with E-state index in [1.807, 2.05) is 0 Å². The summed E-state index contributed by atoms with van der Waals surface area (Å²) >= 11 is 0. The standard InChI is InChI=1S/C9H17NO2/c11-6-7-2-1-4-10-5-3-8(12)9(7)10/h7-9,11-12H,1-6H2/t7-,8-,9-/m1/s1. The molecule has 0 radical (unpaired) electrons. The lowest BCUT2D eigenvalue weighted by Crippen LogP contribution is -2.46. The third-order valence-corrected chi connectivity index (χ3v) is 3.27. The van der Waals surface area contributed by atoms with Crippen LogP contribution in [0.25, 0.3) is 0 Å². The van der Waals surface area contributed by atoms with Crippen molar-refractivity contribution in [3.8, 4) is 0 Å². The smallest absolute Gasteiger partial charge is 0.0711 e. The van der Waals surface area contributed by atoms with Crippen LogP contribution in [0, 0.1) is 5.92 Å². The first-order valence-electron chi connectivity index (χ1n) is 4.86. The van der Waals surface area contributed by atoms with Crippen LogP contribution in [-0.2, 0) is 0 Å². The fraction of sp³-hybridized carbons (Fsp3) is 1.00. The fourth-order valence-electron chi connectivity index (χ4n) is 2.66. The van der Waals surface area contributed by atoms with Crippen LogP contribution in [0.2, 0.25) is 0 Å². The van der Waals surface area contributed by atoms with E-state index >= 15 is 0 Å². The van der Waals surface area contributed by atoms with Crippen molar-refractivity contribution in [2.75, 3.05) is 19.7 Å². The summed E-state index contributed by atoms with van der Waals surface area (Å²) in [6.07, 6.45) is 2.95. The van der Waals surface area contributed by atoms with E-state index in [0.717, 1.165) is 25.9 Å². The van der Waals surface area contributed by atoms with E-state index in [1.165, 1.54) is 6.42 Å². The average molecular weight is 171 g/mol. The van der Waals surface area contributed by atoms with E-state index in [-0.39, 0.29) is 18.8 Å². The molecular weight excluding hydrogens is 154 g/mol. The van der Waals surface area contributed by atoms with Gasteiger partial charge in [0, 0.05) is 25.1 Å². The molecule has 2 saturated heterocycles. The van der Waals surface area contributed by atoms with Crippen molar-refractivity contribution in [3.05, 3.63) is 0 Å². The summed E-state index contributed by atoms with van der Waals surface area (Å²) in [4.78, 5) is 2.33. The summed E-state index contributed by atoms with van der Waals surface area (Å²) in [6.45, 7) is 2.36. The van der Waals surface area contributed by atoms with E-state index in [1.54, 1.807) is 0 Å². The van der Waals surface area contributed by atoms with Crippen LogP contribution in [0.1, 0.15) is 19.3 Å². The minimum atomic E-state index is -0.192. The lowest BCUT2D eigenvalue weighted by atomic mass is 9.89. The van der Waals surface area contributed by atoms with Crippen LogP contribution < -0.4 is 0 Å². The van der Waals surface area contributed by atoms with Crippen LogP contribution in [0.4, 0.5) is 0 Å². The third-order valence-electron chi connectivity index (χ3n) is 3.27. The SMILES string of the molecule is OC[C@H]1CCCN2CC[C@@H](O)[C@@H]12. The minimum Gasteiger partial charge on any atom is -0.396 e. The molecule has 0 aromatic heterocycles. The topological polar surface area (TPSA) is 43.7 Å². The molecule has 0 saturated carbocycles. The molecule has 2 heterocycles. The van der Waals surface area contributed by atoms with Gasteiger partial charge in [-0.3, -0.25) is 4.90 Å². The molecular formula is C9H17NO2. The van der Waals surface area contributed by atoms with E-state index in [4.69, 9.17) is 5.11 Å². The molecule has 0 aromatic carbocycles. The van der Waals surface area contributed by atoms with E-state index in [0.29, 0.717) is 5.92 Å². The van der Waals surface area contributed by atoms with Gasteiger partial charge in [-0.05, 0) is 25.8 Å². The van der Waals surface area contributed by atoms with Crippen molar-refractivity contribution in [3.63, 3.8) is 0 Å². The number of hydrogen-bond donors (Lipinski definition) is 2. The fourth-order valence-corrected chi connectivity index (χ4v) is 2.66. The van der Waals surface area contributed by atoms with E-state index in [9.17, 15) is 5.11 Å². The minimum absolute atomic E-state index is 0.192. The summed E-state index contributed by atoms with van der Waals surface area (Å²) in [5, 5.41) is 18.8. The molecule has 0 spiro atoms. The second kappa shape index (κ2) is 3.32. The Morgan fingerprint density at radius 3 is 2.83 bits per heavy atom. The van der Waals surface area contributed by atoms with Gasteiger partial charge in [-0.25, -0.2) is 0 Å². The molecule has 0 unspecified atom stereocenters. The molecule has 3 nitrogen and oxygen atoms in total. The molecule has 3 heteroatoms. The van der Waals surface area contributed by atoms with Gasteiger partial charge in [-0.15, -0.1) is 0 Å². The van der Waals surface area contributed by atoms with Gasteiger partial charge in [0.15, 0.2) is 0 Å². The van der Waals surface area contributed by atoms with Gasteiger partial charge in [-0.1, -0.05) is 0 Å². The number of piperidine rings is 1. The quantitative estimate of drug-likeness (QED) is 0.575. The van der Waals surface area contributed by atoms with Crippen LogP contribution in [0.15, 0.2) is 0 Å². The maximum absolute atomic E-state index is 9.67. The van der Waals surface area contributed by atoms with Gasteiger partial charge < -0.3 is 10.2 Å². The zero-order valence-corrected chi connectivity index (χ0v) is 7.32. The molecule has 2 aliphatic heterocycles. The molecule has 2 rings (SSSR count). The van der Waals surface area contributed by atoms with Crippen molar-refractivity contribution in [1.82, 2.24) is 4.90 Å². The molecule has 2 fully saturated rings. The van der Waals surface area contributed by atoms with Crippen molar-refractivity contribution >= 4 is 0 Å². The van der Waals surface area contributed by atoms with Crippen molar-refractivity contribution in [2.45, 2.75) is 31.4 Å². The van der Waals surface area contributed by atoms with Crippen molar-refractivity contribution in [2.24, 2.45) is 5.92 Å². The van der Waals surface area contributed by atoms with Gasteiger partial charge in [0.05, 0.1) is 6.10 Å². The largest absolute Gasteiger partial charge is 0.396 e. The molecule has 12 heavy (non-hydrogen) atoms. The van der Waals surface area contributed by atoms with Crippen LogP contribution in [-0.4, -0.2) is 47.0 Å². The normalized spacial score (nSPS) is 43.0. The number of rotatable bonds is 1. The summed E-state index contributed by atoms with van der Waals surface area (Å²) in [5.74, 6) is 0.316. The molecule has 2 N–H and O–H groups in total. The first-order chi connectivity index (χ1) is 5.83. The second-order valence-electron chi connectivity index (χ2n) is 3.97. The Morgan fingerprint density at radius 2 is 2.08 bits per heavy atom. The molecule has 2 aliphatic rings. The number of hydrogen-bond acceptors (Lipinski definition) is 3. The van der Waals surface area contributed by atoms with Gasteiger partial charge in [-0.2, -0.15) is 0 Å². The molecule has 0 bridgehead atoms. The Bertz CT molecular complexity index is 161. The Balaban J connectivity index is 2.07. The highest BCUT2D eigenvalue weighted by Gasteiger charge is 2.40. The van der Waals surface area contributed by atoms with Gasteiger partial charge in [0.1, 0.15) is 0 Å². The maximum Gasteiger partial charge on any atom is 0.0711 e. The first-order valence-corrected chi connectivity index (χ1v) is 4.86. The Hall–Kier alpha value is -0.120. The third kappa shape index (κ3) is 1.26. The highest BCUT2D eigenvalue weighted by molar-refractivity contribution is 4.94. The summed E-state index contributed by atoms with van der Waals surface area (Å²) in [5.41, 5.74) is 0. The van der Waals surface area contributed by atoms with Crippen molar-refractivity contribution < 1.29 is 10.2 Å². The van der Waals surface area contributed by atoms with Crippen LogP contribution in [0.3, 0.4) is 0 Å². The predicted octanol–water partition coefficient (Wildman–Crippen LogP) is -0.176. The molecule has 0 amide bonds. The first kappa shape index (κ1) is 8.48. The average Bonchev–Trinajstić information content (AvgIpc) is 2.48. The van der Waals surface area contributed by atoms with Crippen LogP contribution >= 0.6 is 0 Å². The maximum atomic E-state index is 9.67. The summed E-state index contributed by atoms with van der Waals surface area (Å²) in [6, 6.07) is 0.253. The van der Waals surface area contributed by atoms with Crippen LogP contribution in [0.5, 0.6) is 0 Å². The second-order valence-corrected chi connectivity index (χ2v) is 3.97. The number of nitrogens with zero attached hydrogens (tertiary/aromatic N) is 1. The molecule has 0 aliphatic carbocycles. The predicted molar refractivity (Wildman–Crippen MR) is 45.8 cm³/mol. The molecule has 70 valence electrons. The Morgan fingerprint density at radius 1 is 1.25 bits per heavy atom. The lowest BCUT2D eigenvalue weighted by molar-refractivity contribution is 0.0243. The zero-order chi connectivity index (χ0) is 8.55. The van der Waals surface area contributed by atoms with E-state index in [2.05, 4.69) is 4.90 Å². The van der Waals surface area contributed by atoms with Gasteiger partial charge >= 0.3 is 0 Å². The van der Waals surface area contributed by atoms with E-state index < -0.39 is 0 Å². The molecule has 0 aromatic rings. The highest BCUT2D eigenvalue weighted by atomic mass is 16.3. The Kier molecular flexibility index (Phi) is 2.35. The Labute approximate surface area is 73.0 Å². The number of fused-ring (bicyclic) bond motifs is 1. The van der Waals surface area contributed by atoms with Crippen molar-refractivity contribution in [1.29, 1.82) is 0 Å². The summed E-state index contributed by atoms with van der Waals surface area (Å²) < 4.78 is 0. The lowest BCUT2D eigenvalue weighted by Gasteiger charge is -2.36. The zero-order valence-electron chi connectivity index (χ0n) is 7.32. The molecule has 3 atom stereocenters. The van der Waals surface area contributed by atoms with Gasteiger partial charge in [0.25, 0.3) is 0 Å². The number of aliphatic hydroxyl groups excluding tert-OH is 2.